The van der Waals surface area contributed by atoms with Crippen molar-refractivity contribution >= 4 is 36.4 Å². The number of aliphatic hydroxyl groups excluding tert-OH is 1. The van der Waals surface area contributed by atoms with Gasteiger partial charge in [0.15, 0.2) is 0 Å². The molecule has 0 bridgehead atoms. The van der Waals surface area contributed by atoms with E-state index in [9.17, 15) is 0 Å². The molecule has 3 rings (SSSR count). The number of halogens is 3. The van der Waals surface area contributed by atoms with Crippen molar-refractivity contribution in [2.45, 2.75) is 6.54 Å². The summed E-state index contributed by atoms with van der Waals surface area (Å²) in [5.74, 6) is 0. The fourth-order valence-electron chi connectivity index (χ4n) is 3.27. The first kappa shape index (κ1) is 25.2. The van der Waals surface area contributed by atoms with Gasteiger partial charge in [0, 0.05) is 49.9 Å². The Morgan fingerprint density at radius 2 is 1.50 bits per heavy atom. The Kier molecular flexibility index (Phi) is 12.0. The Hall–Kier alpha value is -0.850. The molecule has 7 heteroatoms. The summed E-state index contributed by atoms with van der Waals surface area (Å²) < 4.78 is 5.35. The highest BCUT2D eigenvalue weighted by molar-refractivity contribution is 6.33. The Morgan fingerprint density at radius 1 is 0.857 bits per heavy atom. The van der Waals surface area contributed by atoms with Crippen molar-refractivity contribution < 1.29 is 9.84 Å². The monoisotopic (exact) mass is 446 g/mol. The van der Waals surface area contributed by atoms with E-state index < -0.39 is 0 Å². The Balaban J connectivity index is 0.00000196. The summed E-state index contributed by atoms with van der Waals surface area (Å²) in [5.41, 5.74) is 3.57. The third-order valence-electron chi connectivity index (χ3n) is 4.80. The van der Waals surface area contributed by atoms with E-state index in [1.54, 1.807) is 0 Å². The topological polar surface area (TPSA) is 35.9 Å². The quantitative estimate of drug-likeness (QED) is 0.621. The molecule has 156 valence electrons. The van der Waals surface area contributed by atoms with E-state index in [2.05, 4.69) is 40.1 Å². The van der Waals surface area contributed by atoms with Crippen LogP contribution in [0.1, 0.15) is 5.56 Å². The van der Waals surface area contributed by atoms with Crippen molar-refractivity contribution in [1.29, 1.82) is 0 Å². The molecule has 0 radical (unpaired) electrons. The number of aliphatic hydroxyl groups is 1. The first-order chi connectivity index (χ1) is 12.8. The van der Waals surface area contributed by atoms with Crippen LogP contribution in [-0.2, 0) is 11.3 Å². The van der Waals surface area contributed by atoms with E-state index in [1.807, 2.05) is 18.2 Å². The van der Waals surface area contributed by atoms with E-state index >= 15 is 0 Å². The molecule has 0 atom stereocenters. The van der Waals surface area contributed by atoms with Gasteiger partial charge in [0.2, 0.25) is 0 Å². The number of hydrogen-bond donors (Lipinski definition) is 1. The predicted molar refractivity (Wildman–Crippen MR) is 121 cm³/mol. The molecule has 1 aliphatic heterocycles. The first-order valence-corrected chi connectivity index (χ1v) is 9.61. The zero-order valence-electron chi connectivity index (χ0n) is 15.9. The minimum Gasteiger partial charge on any atom is -0.394 e. The van der Waals surface area contributed by atoms with Gasteiger partial charge in [-0.3, -0.25) is 9.80 Å². The van der Waals surface area contributed by atoms with Gasteiger partial charge in [-0.2, -0.15) is 0 Å². The predicted octanol–water partition coefficient (Wildman–Crippen LogP) is 3.98. The highest BCUT2D eigenvalue weighted by Crippen LogP contribution is 2.27. The minimum absolute atomic E-state index is 0. The molecule has 2 aromatic rings. The fourth-order valence-corrected chi connectivity index (χ4v) is 3.52. The summed E-state index contributed by atoms with van der Waals surface area (Å²) in [7, 11) is 0. The van der Waals surface area contributed by atoms with E-state index in [4.69, 9.17) is 21.4 Å². The summed E-state index contributed by atoms with van der Waals surface area (Å²) in [5, 5.41) is 9.51. The van der Waals surface area contributed by atoms with Crippen molar-refractivity contribution in [1.82, 2.24) is 9.80 Å². The third kappa shape index (κ3) is 7.53. The van der Waals surface area contributed by atoms with E-state index in [0.29, 0.717) is 13.2 Å². The number of ether oxygens (including phenoxy) is 1. The number of rotatable bonds is 8. The third-order valence-corrected chi connectivity index (χ3v) is 5.13. The maximum Gasteiger partial charge on any atom is 0.0698 e. The zero-order valence-corrected chi connectivity index (χ0v) is 18.3. The van der Waals surface area contributed by atoms with Crippen LogP contribution in [0, 0.1) is 0 Å². The van der Waals surface area contributed by atoms with Crippen molar-refractivity contribution in [2.75, 3.05) is 52.5 Å². The van der Waals surface area contributed by atoms with Crippen molar-refractivity contribution in [2.24, 2.45) is 0 Å². The smallest absolute Gasteiger partial charge is 0.0698 e. The number of piperazine rings is 1. The lowest BCUT2D eigenvalue weighted by Crippen LogP contribution is -2.46. The maximum atomic E-state index is 8.72. The second kappa shape index (κ2) is 13.4. The molecule has 0 unspecified atom stereocenters. The lowest BCUT2D eigenvalue weighted by atomic mass is 10.0. The van der Waals surface area contributed by atoms with Crippen LogP contribution in [0.25, 0.3) is 11.1 Å². The highest BCUT2D eigenvalue weighted by Gasteiger charge is 2.16. The SMILES string of the molecule is Cl.Cl.OCCOCCN1CCN(Cc2ccc(-c3ccccc3Cl)cc2)CC1. The largest absolute Gasteiger partial charge is 0.394 e. The van der Waals surface area contributed by atoms with Gasteiger partial charge in [0.1, 0.15) is 0 Å². The fraction of sp³-hybridized carbons (Fsp3) is 0.429. The number of benzene rings is 2. The molecule has 0 saturated carbocycles. The van der Waals surface area contributed by atoms with Gasteiger partial charge >= 0.3 is 0 Å². The van der Waals surface area contributed by atoms with E-state index in [-0.39, 0.29) is 31.4 Å². The van der Waals surface area contributed by atoms with Gasteiger partial charge in [-0.05, 0) is 17.2 Å². The van der Waals surface area contributed by atoms with Gasteiger partial charge in [-0.1, -0.05) is 54.1 Å². The first-order valence-electron chi connectivity index (χ1n) is 9.23. The van der Waals surface area contributed by atoms with Gasteiger partial charge in [-0.25, -0.2) is 0 Å². The molecule has 0 aromatic heterocycles. The van der Waals surface area contributed by atoms with Crippen molar-refractivity contribution in [3.05, 3.63) is 59.1 Å². The average Bonchev–Trinajstić information content (AvgIpc) is 2.68. The van der Waals surface area contributed by atoms with E-state index in [0.717, 1.165) is 55.4 Å². The average molecular weight is 448 g/mol. The lowest BCUT2D eigenvalue weighted by Gasteiger charge is -2.34. The summed E-state index contributed by atoms with van der Waals surface area (Å²) >= 11 is 6.29. The molecule has 28 heavy (non-hydrogen) atoms. The van der Waals surface area contributed by atoms with Crippen LogP contribution in [-0.4, -0.2) is 67.5 Å². The highest BCUT2D eigenvalue weighted by atomic mass is 35.5. The maximum absolute atomic E-state index is 8.72. The second-order valence-corrected chi connectivity index (χ2v) is 7.04. The molecule has 1 heterocycles. The van der Waals surface area contributed by atoms with Gasteiger partial charge in [-0.15, -0.1) is 24.8 Å². The molecule has 2 aromatic carbocycles. The molecule has 0 spiro atoms. The van der Waals surface area contributed by atoms with Crippen LogP contribution < -0.4 is 0 Å². The Morgan fingerprint density at radius 3 is 2.14 bits per heavy atom. The normalized spacial score (nSPS) is 14.9. The van der Waals surface area contributed by atoms with Crippen molar-refractivity contribution in [3.8, 4) is 11.1 Å². The summed E-state index contributed by atoms with van der Waals surface area (Å²) in [6.07, 6.45) is 0. The van der Waals surface area contributed by atoms with Gasteiger partial charge in [0.05, 0.1) is 19.8 Å². The van der Waals surface area contributed by atoms with Crippen LogP contribution in [0.4, 0.5) is 0 Å². The molecule has 1 N–H and O–H groups in total. The van der Waals surface area contributed by atoms with Crippen LogP contribution in [0.5, 0.6) is 0 Å². The lowest BCUT2D eigenvalue weighted by molar-refractivity contribution is 0.0564. The van der Waals surface area contributed by atoms with Crippen LogP contribution in [0.3, 0.4) is 0 Å². The number of nitrogens with zero attached hydrogens (tertiary/aromatic N) is 2. The molecule has 1 saturated heterocycles. The molecular weight excluding hydrogens is 419 g/mol. The van der Waals surface area contributed by atoms with Crippen molar-refractivity contribution in [3.63, 3.8) is 0 Å². The molecule has 4 nitrogen and oxygen atoms in total. The zero-order chi connectivity index (χ0) is 18.2. The standard InChI is InChI=1S/C21H27ClN2O2.2ClH/c22-21-4-2-1-3-20(21)19-7-5-18(6-8-19)17-24-11-9-23(10-12-24)13-15-26-16-14-25;;/h1-8,25H,9-17H2;2*1H. The second-order valence-electron chi connectivity index (χ2n) is 6.63. The summed E-state index contributed by atoms with van der Waals surface area (Å²) in [6, 6.07) is 16.7. The van der Waals surface area contributed by atoms with Crippen LogP contribution in [0.15, 0.2) is 48.5 Å². The molecular formula is C21H29Cl3N2O2. The van der Waals surface area contributed by atoms with Crippen LogP contribution >= 0.6 is 36.4 Å². The Labute approximate surface area is 185 Å². The molecule has 0 amide bonds. The van der Waals surface area contributed by atoms with Gasteiger partial charge < -0.3 is 9.84 Å². The Bertz CT molecular complexity index is 678. The minimum atomic E-state index is 0. The summed E-state index contributed by atoms with van der Waals surface area (Å²) in [6.45, 7) is 7.45. The molecule has 1 fully saturated rings. The van der Waals surface area contributed by atoms with E-state index in [1.165, 1.54) is 5.56 Å². The summed E-state index contributed by atoms with van der Waals surface area (Å²) in [4.78, 5) is 4.92. The molecule has 0 aliphatic carbocycles. The molecule has 1 aliphatic rings. The van der Waals surface area contributed by atoms with Crippen LogP contribution in [0.2, 0.25) is 5.02 Å². The van der Waals surface area contributed by atoms with Gasteiger partial charge in [0.25, 0.3) is 0 Å². The number of hydrogen-bond acceptors (Lipinski definition) is 4.